The van der Waals surface area contributed by atoms with E-state index >= 15 is 0 Å². The fourth-order valence-electron chi connectivity index (χ4n) is 2.10. The van der Waals surface area contributed by atoms with E-state index in [0.717, 1.165) is 0 Å². The van der Waals surface area contributed by atoms with Crippen LogP contribution >= 0.6 is 0 Å². The van der Waals surface area contributed by atoms with E-state index in [1.807, 2.05) is 0 Å². The number of aromatic nitrogens is 2. The van der Waals surface area contributed by atoms with Crippen LogP contribution < -0.4 is 10.2 Å². The van der Waals surface area contributed by atoms with Crippen molar-refractivity contribution in [1.82, 2.24) is 9.97 Å². The SMILES string of the molecule is [Co+2].[O-]C(=NC=C1C=CC=[O+]1)c1cccnc1.[O-]C(=NC=C1C=CC=[O+]1)c1cccnc1. The minimum atomic E-state index is -0.334. The quantitative estimate of drug-likeness (QED) is 0.289. The zero-order valence-electron chi connectivity index (χ0n) is 16.0. The first-order valence-electron chi connectivity index (χ1n) is 8.76. The number of rotatable bonds is 4. The predicted molar refractivity (Wildman–Crippen MR) is 108 cm³/mol. The number of carbonyl (C=O) groups excluding carboxylic acids is 2. The molecule has 1 radical (unpaired) electrons. The molecule has 4 heterocycles. The van der Waals surface area contributed by atoms with Crippen LogP contribution in [0, 0.1) is 0 Å². The summed E-state index contributed by atoms with van der Waals surface area (Å²) in [6.45, 7) is 0. The van der Waals surface area contributed by atoms with Crippen LogP contribution in [-0.4, -0.2) is 34.3 Å². The Bertz CT molecular complexity index is 985. The van der Waals surface area contributed by atoms with Gasteiger partial charge in [-0.25, -0.2) is 8.85 Å². The maximum absolute atomic E-state index is 11.5. The second-order valence-corrected chi connectivity index (χ2v) is 5.64. The van der Waals surface area contributed by atoms with Crippen molar-refractivity contribution in [3.05, 3.63) is 108 Å². The molecule has 0 fully saturated rings. The van der Waals surface area contributed by atoms with Gasteiger partial charge in [0.25, 0.3) is 0 Å². The van der Waals surface area contributed by atoms with Crippen molar-refractivity contribution in [3.63, 3.8) is 0 Å². The van der Waals surface area contributed by atoms with Crippen LogP contribution in [0.2, 0.25) is 0 Å². The molecular formula is C22H16CoN4O4+2. The van der Waals surface area contributed by atoms with Crippen LogP contribution in [0.4, 0.5) is 0 Å². The average molecular weight is 459 g/mol. The van der Waals surface area contributed by atoms with Crippen LogP contribution in [0.25, 0.3) is 0 Å². The van der Waals surface area contributed by atoms with Crippen LogP contribution in [-0.2, 0) is 25.6 Å². The van der Waals surface area contributed by atoms with E-state index in [1.54, 1.807) is 61.0 Å². The molecule has 4 rings (SSSR count). The number of nitrogens with zero attached hydrogens (tertiary/aromatic N) is 4. The molecule has 2 aromatic heterocycles. The van der Waals surface area contributed by atoms with Gasteiger partial charge in [0.1, 0.15) is 12.4 Å². The molecule has 2 aromatic rings. The molecule has 8 nitrogen and oxygen atoms in total. The molecule has 0 aromatic carbocycles. The minimum Gasteiger partial charge on any atom is -0.858 e. The van der Waals surface area contributed by atoms with Crippen molar-refractivity contribution in [2.75, 3.05) is 0 Å². The second kappa shape index (κ2) is 12.6. The Morgan fingerprint density at radius 2 is 1.23 bits per heavy atom. The normalized spacial score (nSPS) is 17.0. The van der Waals surface area contributed by atoms with Gasteiger partial charge in [-0.2, -0.15) is 0 Å². The Hall–Kier alpha value is -3.95. The van der Waals surface area contributed by atoms with Crippen molar-refractivity contribution in [2.45, 2.75) is 0 Å². The molecule has 0 N–H and O–H groups in total. The predicted octanol–water partition coefficient (Wildman–Crippen LogP) is 0.666. The third kappa shape index (κ3) is 7.76. The fourth-order valence-corrected chi connectivity index (χ4v) is 2.10. The number of hydrogen-bond acceptors (Lipinski definition) is 6. The third-order valence-electron chi connectivity index (χ3n) is 3.52. The van der Waals surface area contributed by atoms with Gasteiger partial charge in [0.2, 0.25) is 0 Å². The van der Waals surface area contributed by atoms with Gasteiger partial charge in [0, 0.05) is 48.1 Å². The summed E-state index contributed by atoms with van der Waals surface area (Å²) in [7, 11) is 0. The molecular weight excluding hydrogens is 443 g/mol. The molecule has 0 saturated heterocycles. The molecule has 9 heteroatoms. The van der Waals surface area contributed by atoms with E-state index in [4.69, 9.17) is 8.85 Å². The Morgan fingerprint density at radius 1 is 0.774 bits per heavy atom. The summed E-state index contributed by atoms with van der Waals surface area (Å²) >= 11 is 0. The standard InChI is InChI=1S/2C11H8N2O2.Co/c2*14-11(9-3-1-5-12-7-9)13-8-10-4-2-6-15-10;/h2*1-8H;/q;;+2. The van der Waals surface area contributed by atoms with E-state index in [9.17, 15) is 10.2 Å². The van der Waals surface area contributed by atoms with Crippen molar-refractivity contribution >= 4 is 24.4 Å². The van der Waals surface area contributed by atoms with Gasteiger partial charge in [-0.3, -0.25) is 20.0 Å². The monoisotopic (exact) mass is 459 g/mol. The molecule has 31 heavy (non-hydrogen) atoms. The largest absolute Gasteiger partial charge is 2.00 e. The number of allylic oxidation sites excluding steroid dienone is 4. The molecule has 2 aliphatic rings. The topological polar surface area (TPSA) is 119 Å². The van der Waals surface area contributed by atoms with Crippen molar-refractivity contribution in [1.29, 1.82) is 0 Å². The van der Waals surface area contributed by atoms with Crippen molar-refractivity contribution in [2.24, 2.45) is 9.98 Å². The molecule has 0 amide bonds. The summed E-state index contributed by atoms with van der Waals surface area (Å²) in [6.07, 6.45) is 18.9. The number of aliphatic imine (C=N–C) groups is 2. The molecule has 0 saturated carbocycles. The van der Waals surface area contributed by atoms with Crippen LogP contribution in [0.1, 0.15) is 11.1 Å². The Morgan fingerprint density at radius 3 is 1.55 bits per heavy atom. The summed E-state index contributed by atoms with van der Waals surface area (Å²) < 4.78 is 10.0. The molecule has 2 aliphatic heterocycles. The Kier molecular flexibility index (Phi) is 9.46. The Balaban J connectivity index is 0.000000213. The van der Waals surface area contributed by atoms with E-state index in [0.29, 0.717) is 22.6 Å². The van der Waals surface area contributed by atoms with E-state index in [-0.39, 0.29) is 28.6 Å². The molecule has 155 valence electrons. The fraction of sp³-hybridized carbons (Fsp3) is 0. The van der Waals surface area contributed by atoms with Gasteiger partial charge in [0.15, 0.2) is 0 Å². The molecule has 0 spiro atoms. The zero-order valence-corrected chi connectivity index (χ0v) is 17.0. The van der Waals surface area contributed by atoms with E-state index in [1.165, 1.54) is 37.4 Å². The van der Waals surface area contributed by atoms with Crippen molar-refractivity contribution in [3.8, 4) is 0 Å². The first-order valence-corrected chi connectivity index (χ1v) is 8.76. The van der Waals surface area contributed by atoms with E-state index in [2.05, 4.69) is 20.0 Å². The molecule has 0 aliphatic carbocycles. The molecule has 0 atom stereocenters. The molecule has 0 bridgehead atoms. The van der Waals surface area contributed by atoms with Gasteiger partial charge >= 0.3 is 40.9 Å². The average Bonchev–Trinajstić information content (AvgIpc) is 3.52. The summed E-state index contributed by atoms with van der Waals surface area (Å²) in [6, 6.07) is 6.70. The van der Waals surface area contributed by atoms with Gasteiger partial charge in [-0.1, -0.05) is 12.1 Å². The van der Waals surface area contributed by atoms with Crippen LogP contribution in [0.15, 0.2) is 107 Å². The van der Waals surface area contributed by atoms with Gasteiger partial charge in [-0.15, -0.1) is 0 Å². The van der Waals surface area contributed by atoms with Crippen molar-refractivity contribution < 1.29 is 35.8 Å². The summed E-state index contributed by atoms with van der Waals surface area (Å²) in [5.74, 6) is 0.429. The van der Waals surface area contributed by atoms with Crippen LogP contribution in [0.5, 0.6) is 0 Å². The first-order chi connectivity index (χ1) is 14.7. The number of pyridine rings is 2. The zero-order chi connectivity index (χ0) is 21.0. The smallest absolute Gasteiger partial charge is 0.858 e. The van der Waals surface area contributed by atoms with Gasteiger partial charge in [-0.05, 0) is 23.9 Å². The summed E-state index contributed by atoms with van der Waals surface area (Å²) in [4.78, 5) is 15.1. The minimum absolute atomic E-state index is 0. The number of hydrogen-bond donors (Lipinski definition) is 0. The maximum Gasteiger partial charge on any atom is 2.00 e. The van der Waals surface area contributed by atoms with Gasteiger partial charge in [0.05, 0.1) is 12.2 Å². The second-order valence-electron chi connectivity index (χ2n) is 5.64. The first kappa shape index (κ1) is 23.3. The summed E-state index contributed by atoms with van der Waals surface area (Å²) in [5.41, 5.74) is 0.917. The van der Waals surface area contributed by atoms with Gasteiger partial charge < -0.3 is 10.2 Å². The molecule has 0 unspecified atom stereocenters. The number of aldehydes is 2. The van der Waals surface area contributed by atoms with E-state index < -0.39 is 0 Å². The maximum atomic E-state index is 11.5. The van der Waals surface area contributed by atoms with Crippen LogP contribution in [0.3, 0.4) is 0 Å². The Labute approximate surface area is 188 Å². The summed E-state index contributed by atoms with van der Waals surface area (Å²) in [5, 5.41) is 22.9. The third-order valence-corrected chi connectivity index (χ3v) is 3.52.